The summed E-state index contributed by atoms with van der Waals surface area (Å²) in [6.07, 6.45) is 1.50. The van der Waals surface area contributed by atoms with Crippen molar-refractivity contribution in [3.63, 3.8) is 0 Å². The lowest BCUT2D eigenvalue weighted by atomic mass is 10.0. The number of nitrogens with zero attached hydrogens (tertiary/aromatic N) is 1. The molecule has 0 amide bonds. The highest BCUT2D eigenvalue weighted by molar-refractivity contribution is 5.80. The molecule has 1 unspecified atom stereocenters. The van der Waals surface area contributed by atoms with Crippen LogP contribution in [0.5, 0.6) is 0 Å². The maximum Gasteiger partial charge on any atom is 0.140 e. The second-order valence-corrected chi connectivity index (χ2v) is 4.20. The third-order valence-corrected chi connectivity index (χ3v) is 2.86. The Morgan fingerprint density at radius 2 is 2.06 bits per heavy atom. The highest BCUT2D eigenvalue weighted by Gasteiger charge is 2.13. The molecule has 1 rings (SSSR count). The van der Waals surface area contributed by atoms with Gasteiger partial charge in [-0.05, 0) is 18.9 Å². The highest BCUT2D eigenvalue weighted by Crippen LogP contribution is 2.13. The van der Waals surface area contributed by atoms with Crippen LogP contribution in [0.1, 0.15) is 38.3 Å². The van der Waals surface area contributed by atoms with Crippen LogP contribution >= 0.6 is 0 Å². The summed E-state index contributed by atoms with van der Waals surface area (Å²) >= 11 is 0. The minimum Gasteiger partial charge on any atom is -0.409 e. The molecule has 1 aromatic rings. The second kappa shape index (κ2) is 6.91. The average Bonchev–Trinajstić information content (AvgIpc) is 2.38. The Morgan fingerprint density at radius 1 is 1.41 bits per heavy atom. The fraction of sp³-hybridized carbons (Fsp3) is 0.462. The molecule has 0 aliphatic carbocycles. The van der Waals surface area contributed by atoms with Crippen molar-refractivity contribution in [3.8, 4) is 0 Å². The van der Waals surface area contributed by atoms with E-state index in [1.807, 2.05) is 18.2 Å². The van der Waals surface area contributed by atoms with E-state index in [1.54, 1.807) is 0 Å². The molecule has 0 fully saturated rings. The van der Waals surface area contributed by atoms with Crippen molar-refractivity contribution in [3.05, 3.63) is 35.9 Å². The van der Waals surface area contributed by atoms with Crippen LogP contribution in [0, 0.1) is 0 Å². The zero-order valence-corrected chi connectivity index (χ0v) is 10.4. The van der Waals surface area contributed by atoms with Crippen LogP contribution in [-0.2, 0) is 0 Å². The Morgan fingerprint density at radius 3 is 2.59 bits per heavy atom. The lowest BCUT2D eigenvalue weighted by molar-refractivity contribution is 0.315. The number of hydrogen-bond acceptors (Lipinski definition) is 3. The van der Waals surface area contributed by atoms with E-state index in [0.29, 0.717) is 6.42 Å². The van der Waals surface area contributed by atoms with Crippen LogP contribution < -0.4 is 11.1 Å². The third-order valence-electron chi connectivity index (χ3n) is 2.86. The Balaban J connectivity index is 2.57. The topological polar surface area (TPSA) is 70.6 Å². The first kappa shape index (κ1) is 13.5. The summed E-state index contributed by atoms with van der Waals surface area (Å²) in [5, 5.41) is 15.1. The van der Waals surface area contributed by atoms with E-state index in [1.165, 1.54) is 5.56 Å². The maximum atomic E-state index is 8.57. The maximum absolute atomic E-state index is 8.57. The molecule has 0 aromatic heterocycles. The SMILES string of the molecule is CCC(CC(N)=NO)N[C@H](C)c1ccccc1. The summed E-state index contributed by atoms with van der Waals surface area (Å²) in [7, 11) is 0. The van der Waals surface area contributed by atoms with Gasteiger partial charge in [-0.3, -0.25) is 0 Å². The van der Waals surface area contributed by atoms with Gasteiger partial charge >= 0.3 is 0 Å². The lowest BCUT2D eigenvalue weighted by Gasteiger charge is -2.22. The van der Waals surface area contributed by atoms with Crippen LogP contribution in [0.4, 0.5) is 0 Å². The van der Waals surface area contributed by atoms with Gasteiger partial charge in [0.2, 0.25) is 0 Å². The van der Waals surface area contributed by atoms with Crippen molar-refractivity contribution in [1.29, 1.82) is 0 Å². The van der Waals surface area contributed by atoms with Crippen LogP contribution in [-0.4, -0.2) is 17.1 Å². The van der Waals surface area contributed by atoms with Crippen molar-refractivity contribution < 1.29 is 5.21 Å². The summed E-state index contributed by atoms with van der Waals surface area (Å²) in [6.45, 7) is 4.20. The molecule has 0 heterocycles. The van der Waals surface area contributed by atoms with Gasteiger partial charge in [-0.25, -0.2) is 0 Å². The standard InChI is InChI=1S/C13H21N3O/c1-3-12(9-13(14)16-17)15-10(2)11-7-5-4-6-8-11/h4-8,10,12,15,17H,3,9H2,1-2H3,(H2,14,16)/t10-,12?/m1/s1. The number of nitrogens with one attached hydrogen (secondary N) is 1. The van der Waals surface area contributed by atoms with Crippen LogP contribution in [0.2, 0.25) is 0 Å². The molecule has 0 bridgehead atoms. The van der Waals surface area contributed by atoms with Crippen molar-refractivity contribution in [2.45, 2.75) is 38.8 Å². The van der Waals surface area contributed by atoms with E-state index in [2.05, 4.69) is 36.5 Å². The minimum absolute atomic E-state index is 0.223. The smallest absolute Gasteiger partial charge is 0.140 e. The molecule has 0 spiro atoms. The minimum atomic E-state index is 0.223. The number of oxime groups is 1. The molecule has 0 saturated carbocycles. The number of nitrogens with two attached hydrogens (primary N) is 1. The largest absolute Gasteiger partial charge is 0.409 e. The van der Waals surface area contributed by atoms with Gasteiger partial charge in [-0.15, -0.1) is 0 Å². The second-order valence-electron chi connectivity index (χ2n) is 4.20. The molecule has 0 saturated heterocycles. The van der Waals surface area contributed by atoms with Crippen molar-refractivity contribution in [1.82, 2.24) is 5.32 Å². The normalized spacial score (nSPS) is 15.5. The predicted molar refractivity (Wildman–Crippen MR) is 70.1 cm³/mol. The zero-order chi connectivity index (χ0) is 12.7. The van der Waals surface area contributed by atoms with E-state index in [4.69, 9.17) is 10.9 Å². The Labute approximate surface area is 103 Å². The van der Waals surface area contributed by atoms with Crippen LogP contribution in [0.25, 0.3) is 0 Å². The molecule has 4 N–H and O–H groups in total. The van der Waals surface area contributed by atoms with E-state index in [9.17, 15) is 0 Å². The summed E-state index contributed by atoms with van der Waals surface area (Å²) in [4.78, 5) is 0. The summed E-state index contributed by atoms with van der Waals surface area (Å²) in [6, 6.07) is 10.7. The van der Waals surface area contributed by atoms with Gasteiger partial charge in [0.25, 0.3) is 0 Å². The van der Waals surface area contributed by atoms with Gasteiger partial charge in [0.15, 0.2) is 0 Å². The lowest BCUT2D eigenvalue weighted by Crippen LogP contribution is -2.34. The van der Waals surface area contributed by atoms with Gasteiger partial charge in [-0.1, -0.05) is 42.4 Å². The molecule has 2 atom stereocenters. The van der Waals surface area contributed by atoms with E-state index in [0.717, 1.165) is 6.42 Å². The first-order valence-electron chi connectivity index (χ1n) is 5.94. The molecule has 0 aliphatic rings. The van der Waals surface area contributed by atoms with Crippen LogP contribution in [0.15, 0.2) is 35.5 Å². The Bertz CT molecular complexity index is 351. The first-order chi connectivity index (χ1) is 8.17. The molecule has 0 aliphatic heterocycles. The highest BCUT2D eigenvalue weighted by atomic mass is 16.4. The summed E-state index contributed by atoms with van der Waals surface area (Å²) in [5.74, 6) is 0.268. The number of amidine groups is 1. The molecular formula is C13H21N3O. The summed E-state index contributed by atoms with van der Waals surface area (Å²) < 4.78 is 0. The fourth-order valence-corrected chi connectivity index (χ4v) is 1.81. The molecule has 4 heteroatoms. The van der Waals surface area contributed by atoms with Crippen molar-refractivity contribution >= 4 is 5.84 Å². The van der Waals surface area contributed by atoms with Gasteiger partial charge in [0.05, 0.1) is 0 Å². The van der Waals surface area contributed by atoms with Gasteiger partial charge in [0.1, 0.15) is 5.84 Å². The Kier molecular flexibility index (Phi) is 5.49. The number of hydrogen-bond donors (Lipinski definition) is 3. The van der Waals surface area contributed by atoms with E-state index >= 15 is 0 Å². The summed E-state index contributed by atoms with van der Waals surface area (Å²) in [5.41, 5.74) is 6.77. The van der Waals surface area contributed by atoms with E-state index in [-0.39, 0.29) is 17.9 Å². The van der Waals surface area contributed by atoms with Gasteiger partial charge in [-0.2, -0.15) is 0 Å². The molecular weight excluding hydrogens is 214 g/mol. The molecule has 4 nitrogen and oxygen atoms in total. The molecule has 0 radical (unpaired) electrons. The quantitative estimate of drug-likeness (QED) is 0.306. The van der Waals surface area contributed by atoms with Crippen LogP contribution in [0.3, 0.4) is 0 Å². The fourth-order valence-electron chi connectivity index (χ4n) is 1.81. The molecule has 17 heavy (non-hydrogen) atoms. The van der Waals surface area contributed by atoms with Crippen molar-refractivity contribution in [2.24, 2.45) is 10.9 Å². The van der Waals surface area contributed by atoms with Gasteiger partial charge < -0.3 is 16.3 Å². The first-order valence-corrected chi connectivity index (χ1v) is 5.94. The van der Waals surface area contributed by atoms with Crippen molar-refractivity contribution in [2.75, 3.05) is 0 Å². The zero-order valence-electron chi connectivity index (χ0n) is 10.4. The van der Waals surface area contributed by atoms with E-state index < -0.39 is 0 Å². The number of rotatable bonds is 6. The third kappa shape index (κ3) is 4.44. The average molecular weight is 235 g/mol. The predicted octanol–water partition coefficient (Wildman–Crippen LogP) is 2.25. The van der Waals surface area contributed by atoms with Gasteiger partial charge in [0, 0.05) is 18.5 Å². The number of benzene rings is 1. The monoisotopic (exact) mass is 235 g/mol. The molecule has 1 aromatic carbocycles. The Hall–Kier alpha value is -1.55. The molecule has 94 valence electrons.